The first-order valence-electron chi connectivity index (χ1n) is 10.6. The van der Waals surface area contributed by atoms with Crippen LogP contribution in [0.25, 0.3) is 0 Å². The zero-order chi connectivity index (χ0) is 23.6. The van der Waals surface area contributed by atoms with Gasteiger partial charge in [-0.3, -0.25) is 9.59 Å². The summed E-state index contributed by atoms with van der Waals surface area (Å²) >= 11 is 0. The van der Waals surface area contributed by atoms with Crippen LogP contribution in [0, 0.1) is 0 Å². The molecule has 0 spiro atoms. The molecule has 0 heterocycles. The first kappa shape index (κ1) is 24.5. The Hall–Kier alpha value is -2.77. The minimum atomic E-state index is -0.936. The van der Waals surface area contributed by atoms with Crippen LogP contribution in [0.15, 0.2) is 24.3 Å². The highest BCUT2D eigenvalue weighted by Crippen LogP contribution is 2.36. The second-order valence-corrected chi connectivity index (χ2v) is 10.1. The first-order chi connectivity index (χ1) is 14.2. The molecule has 3 N–H and O–H groups in total. The predicted octanol–water partition coefficient (Wildman–Crippen LogP) is 3.25. The van der Waals surface area contributed by atoms with E-state index in [1.807, 2.05) is 20.8 Å². The Morgan fingerprint density at radius 3 is 2.23 bits per heavy atom. The highest BCUT2D eigenvalue weighted by molar-refractivity contribution is 5.92. The molecule has 172 valence electrons. The number of carbonyl (C=O) groups is 3. The van der Waals surface area contributed by atoms with Crippen molar-refractivity contribution in [1.82, 2.24) is 15.5 Å². The Labute approximate surface area is 184 Å². The van der Waals surface area contributed by atoms with Gasteiger partial charge in [0.25, 0.3) is 0 Å². The summed E-state index contributed by atoms with van der Waals surface area (Å²) in [4.78, 5) is 40.4. The molecule has 0 aliphatic heterocycles. The number of carbonyl (C=O) groups excluding carboxylic acids is 3. The number of hydrogen-bond donors (Lipinski definition) is 3. The summed E-state index contributed by atoms with van der Waals surface area (Å²) in [5.74, 6) is -0.720. The third-order valence-corrected chi connectivity index (χ3v) is 4.51. The van der Waals surface area contributed by atoms with Crippen LogP contribution in [0.3, 0.4) is 0 Å². The predicted molar refractivity (Wildman–Crippen MR) is 117 cm³/mol. The minimum absolute atomic E-state index is 0.00850. The number of phenolic OH excluding ortho intramolecular Hbond substituents is 1. The van der Waals surface area contributed by atoms with Crippen LogP contribution >= 0.6 is 0 Å². The normalized spacial score (nSPS) is 16.1. The lowest BCUT2D eigenvalue weighted by Crippen LogP contribution is -2.54. The van der Waals surface area contributed by atoms with Crippen LogP contribution in [0.5, 0.6) is 5.75 Å². The van der Waals surface area contributed by atoms with E-state index in [-0.39, 0.29) is 23.6 Å². The number of nitrogens with one attached hydrogen (secondary N) is 2. The summed E-state index contributed by atoms with van der Waals surface area (Å²) in [5, 5.41) is 15.5. The quantitative estimate of drug-likeness (QED) is 0.638. The molecule has 1 fully saturated rings. The molecule has 8 nitrogen and oxygen atoms in total. The lowest BCUT2D eigenvalue weighted by molar-refractivity contribution is -0.143. The largest absolute Gasteiger partial charge is 0.508 e. The number of ether oxygens (including phenoxy) is 1. The van der Waals surface area contributed by atoms with Gasteiger partial charge in [0.2, 0.25) is 11.8 Å². The minimum Gasteiger partial charge on any atom is -0.508 e. The lowest BCUT2D eigenvalue weighted by atomic mass is 10.0. The van der Waals surface area contributed by atoms with Crippen LogP contribution in [0.4, 0.5) is 4.79 Å². The van der Waals surface area contributed by atoms with Crippen molar-refractivity contribution in [2.45, 2.75) is 90.6 Å². The molecule has 2 unspecified atom stereocenters. The molecule has 0 aromatic heterocycles. The maximum atomic E-state index is 13.4. The Kier molecular flexibility index (Phi) is 7.24. The lowest BCUT2D eigenvalue weighted by Gasteiger charge is -2.35. The van der Waals surface area contributed by atoms with Crippen LogP contribution in [-0.2, 0) is 14.3 Å². The number of rotatable bonds is 6. The molecule has 8 heteroatoms. The van der Waals surface area contributed by atoms with E-state index in [2.05, 4.69) is 10.6 Å². The molecule has 31 heavy (non-hydrogen) atoms. The average molecular weight is 434 g/mol. The summed E-state index contributed by atoms with van der Waals surface area (Å²) in [5.41, 5.74) is -0.698. The average Bonchev–Trinajstić information content (AvgIpc) is 3.40. The van der Waals surface area contributed by atoms with Crippen molar-refractivity contribution in [3.63, 3.8) is 0 Å². The molecule has 1 aliphatic carbocycles. The van der Waals surface area contributed by atoms with Gasteiger partial charge < -0.3 is 25.4 Å². The molecule has 1 aliphatic rings. The zero-order valence-corrected chi connectivity index (χ0v) is 19.5. The monoisotopic (exact) mass is 433 g/mol. The SMILES string of the molecule is CC(NC(=O)OC(C)(C)C)C(=O)N(C1CC1)C(C(=O)NC(C)(C)C)c1cccc(O)c1. The van der Waals surface area contributed by atoms with Gasteiger partial charge in [-0.05, 0) is 79.0 Å². The first-order valence-corrected chi connectivity index (χ1v) is 10.6. The summed E-state index contributed by atoms with van der Waals surface area (Å²) in [6, 6.07) is 4.40. The number of aromatic hydroxyl groups is 1. The summed E-state index contributed by atoms with van der Waals surface area (Å²) in [6.07, 6.45) is 0.837. The Bertz CT molecular complexity index is 821. The number of phenols is 1. The molecule has 0 saturated heterocycles. The van der Waals surface area contributed by atoms with E-state index in [9.17, 15) is 19.5 Å². The van der Waals surface area contributed by atoms with Crippen LogP contribution < -0.4 is 10.6 Å². The van der Waals surface area contributed by atoms with Crippen LogP contribution in [0.1, 0.15) is 72.9 Å². The van der Waals surface area contributed by atoms with Gasteiger partial charge in [-0.15, -0.1) is 0 Å². The summed E-state index contributed by atoms with van der Waals surface area (Å²) in [7, 11) is 0. The fourth-order valence-corrected chi connectivity index (χ4v) is 3.21. The van der Waals surface area contributed by atoms with E-state index < -0.39 is 29.3 Å². The van der Waals surface area contributed by atoms with Gasteiger partial charge in [0, 0.05) is 11.6 Å². The van der Waals surface area contributed by atoms with Crippen molar-refractivity contribution >= 4 is 17.9 Å². The standard InChI is InChI=1S/C23H35N3O5/c1-14(24-21(30)31-23(5,6)7)20(29)26(16-11-12-16)18(19(28)25-22(2,3)4)15-9-8-10-17(27)13-15/h8-10,13-14,16,18,27H,11-12H2,1-7H3,(H,24,30)(H,25,28). The van der Waals surface area contributed by atoms with Gasteiger partial charge in [0.1, 0.15) is 23.4 Å². The molecule has 1 aromatic rings. The zero-order valence-electron chi connectivity index (χ0n) is 19.5. The number of nitrogens with zero attached hydrogens (tertiary/aromatic N) is 1. The van der Waals surface area contributed by atoms with Crippen molar-refractivity contribution in [2.75, 3.05) is 0 Å². The van der Waals surface area contributed by atoms with Crippen molar-refractivity contribution in [3.8, 4) is 5.75 Å². The Morgan fingerprint density at radius 1 is 1.13 bits per heavy atom. The molecule has 1 aromatic carbocycles. The van der Waals surface area contributed by atoms with Gasteiger partial charge in [0.05, 0.1) is 0 Å². The fourth-order valence-electron chi connectivity index (χ4n) is 3.21. The molecular formula is C23H35N3O5. The van der Waals surface area contributed by atoms with Crippen molar-refractivity contribution in [2.24, 2.45) is 0 Å². The Balaban J connectivity index is 2.34. The number of alkyl carbamates (subject to hydrolysis) is 1. The maximum absolute atomic E-state index is 13.4. The Morgan fingerprint density at radius 2 is 1.74 bits per heavy atom. The molecule has 0 bridgehead atoms. The van der Waals surface area contributed by atoms with E-state index in [1.165, 1.54) is 17.0 Å². The number of benzene rings is 1. The van der Waals surface area contributed by atoms with Crippen LogP contribution in [0.2, 0.25) is 0 Å². The number of amides is 3. The smallest absolute Gasteiger partial charge is 0.408 e. The van der Waals surface area contributed by atoms with Gasteiger partial charge in [-0.25, -0.2) is 4.79 Å². The second kappa shape index (κ2) is 9.16. The molecule has 2 atom stereocenters. The summed E-state index contributed by atoms with van der Waals surface area (Å²) < 4.78 is 5.26. The van der Waals surface area contributed by atoms with E-state index in [0.29, 0.717) is 5.56 Å². The molecule has 2 rings (SSSR count). The molecule has 3 amide bonds. The van der Waals surface area contributed by atoms with Gasteiger partial charge in [-0.2, -0.15) is 0 Å². The topological polar surface area (TPSA) is 108 Å². The molecular weight excluding hydrogens is 398 g/mol. The summed E-state index contributed by atoms with van der Waals surface area (Å²) in [6.45, 7) is 12.4. The highest BCUT2D eigenvalue weighted by atomic mass is 16.6. The molecule has 0 radical (unpaired) electrons. The van der Waals surface area contributed by atoms with Crippen molar-refractivity contribution in [3.05, 3.63) is 29.8 Å². The third-order valence-electron chi connectivity index (χ3n) is 4.51. The number of hydrogen-bond acceptors (Lipinski definition) is 5. The van der Waals surface area contributed by atoms with Gasteiger partial charge in [-0.1, -0.05) is 12.1 Å². The second-order valence-electron chi connectivity index (χ2n) is 10.1. The van der Waals surface area contributed by atoms with Gasteiger partial charge in [0.15, 0.2) is 0 Å². The molecule has 1 saturated carbocycles. The third kappa shape index (κ3) is 7.45. The van der Waals surface area contributed by atoms with E-state index >= 15 is 0 Å². The van der Waals surface area contributed by atoms with Gasteiger partial charge >= 0.3 is 6.09 Å². The van der Waals surface area contributed by atoms with E-state index in [1.54, 1.807) is 39.8 Å². The van der Waals surface area contributed by atoms with E-state index in [4.69, 9.17) is 4.74 Å². The fraction of sp³-hybridized carbons (Fsp3) is 0.609. The maximum Gasteiger partial charge on any atom is 0.408 e. The van der Waals surface area contributed by atoms with Crippen LogP contribution in [-0.4, -0.2) is 51.1 Å². The van der Waals surface area contributed by atoms with Crippen molar-refractivity contribution < 1.29 is 24.2 Å². The van der Waals surface area contributed by atoms with Crippen molar-refractivity contribution in [1.29, 1.82) is 0 Å². The van der Waals surface area contributed by atoms with E-state index in [0.717, 1.165) is 12.8 Å². The highest BCUT2D eigenvalue weighted by Gasteiger charge is 2.43.